The van der Waals surface area contributed by atoms with Crippen molar-refractivity contribution in [1.82, 2.24) is 0 Å². The quantitative estimate of drug-likeness (QED) is 0.344. The molecular formula is C20H32Br2O. The predicted octanol–water partition coefficient (Wildman–Crippen LogP) is 6.23. The Morgan fingerprint density at radius 2 is 1.65 bits per heavy atom. The third-order valence-corrected chi connectivity index (χ3v) is 11.3. The van der Waals surface area contributed by atoms with Crippen molar-refractivity contribution in [3.05, 3.63) is 12.2 Å². The molecule has 3 fully saturated rings. The summed E-state index contributed by atoms with van der Waals surface area (Å²) < 4.78 is 0. The molecule has 3 aliphatic carbocycles. The Balaban J connectivity index is 2.04. The summed E-state index contributed by atoms with van der Waals surface area (Å²) in [6.07, 6.45) is 7.79. The lowest BCUT2D eigenvalue weighted by Crippen LogP contribution is -2.61. The van der Waals surface area contributed by atoms with Gasteiger partial charge in [-0.3, -0.25) is 0 Å². The first-order valence-corrected chi connectivity index (χ1v) is 11.0. The Hall–Kier alpha value is 0.660. The molecule has 0 aliphatic heterocycles. The van der Waals surface area contributed by atoms with Gasteiger partial charge >= 0.3 is 0 Å². The summed E-state index contributed by atoms with van der Waals surface area (Å²) in [5.41, 5.74) is 1.44. The van der Waals surface area contributed by atoms with Crippen molar-refractivity contribution in [2.45, 2.75) is 87.9 Å². The first-order chi connectivity index (χ1) is 10.5. The fraction of sp³-hybridized carbons (Fsp3) is 0.900. The molecule has 0 amide bonds. The fourth-order valence-corrected chi connectivity index (χ4v) is 7.58. The van der Waals surface area contributed by atoms with Crippen LogP contribution in [0.15, 0.2) is 12.2 Å². The van der Waals surface area contributed by atoms with Crippen LogP contribution in [0.3, 0.4) is 0 Å². The summed E-state index contributed by atoms with van der Waals surface area (Å²) >= 11 is 7.94. The zero-order chi connectivity index (χ0) is 17.3. The Kier molecular flexibility index (Phi) is 4.47. The maximum absolute atomic E-state index is 11.2. The van der Waals surface area contributed by atoms with Gasteiger partial charge in [-0.15, -0.1) is 0 Å². The van der Waals surface area contributed by atoms with Gasteiger partial charge in [-0.1, -0.05) is 64.8 Å². The van der Waals surface area contributed by atoms with E-state index in [4.69, 9.17) is 0 Å². The van der Waals surface area contributed by atoms with Gasteiger partial charge in [0, 0.05) is 9.65 Å². The largest absolute Gasteiger partial charge is 0.390 e. The second-order valence-electron chi connectivity index (χ2n) is 9.54. The Morgan fingerprint density at radius 1 is 1.00 bits per heavy atom. The van der Waals surface area contributed by atoms with Gasteiger partial charge in [0.25, 0.3) is 0 Å². The Bertz CT molecular complexity index is 512. The fourth-order valence-electron chi connectivity index (χ4n) is 6.13. The van der Waals surface area contributed by atoms with Crippen molar-refractivity contribution in [3.8, 4) is 0 Å². The van der Waals surface area contributed by atoms with Gasteiger partial charge in [-0.2, -0.15) is 0 Å². The van der Waals surface area contributed by atoms with Gasteiger partial charge in [0.15, 0.2) is 0 Å². The zero-order valence-corrected chi connectivity index (χ0v) is 18.3. The van der Waals surface area contributed by atoms with Crippen LogP contribution in [-0.4, -0.2) is 20.4 Å². The molecule has 3 aliphatic rings. The summed E-state index contributed by atoms with van der Waals surface area (Å²) in [4.78, 5) is 1.07. The normalized spacial score (nSPS) is 53.2. The van der Waals surface area contributed by atoms with Crippen LogP contribution in [0.1, 0.15) is 72.6 Å². The second-order valence-corrected chi connectivity index (χ2v) is 11.8. The zero-order valence-electron chi connectivity index (χ0n) is 15.1. The Labute approximate surface area is 158 Å². The SMILES string of the molecule is C=C1CC[C@H](Br)C(C)(C)[C@]12CC[C@@]1(C)C(C2)[C@](C)(O)CC[C@@H]1Br. The Morgan fingerprint density at radius 3 is 2.30 bits per heavy atom. The second kappa shape index (κ2) is 5.58. The summed E-state index contributed by atoms with van der Waals surface area (Å²) in [6.45, 7) is 13.9. The minimum Gasteiger partial charge on any atom is -0.390 e. The maximum Gasteiger partial charge on any atom is 0.0654 e. The molecular weight excluding hydrogens is 416 g/mol. The van der Waals surface area contributed by atoms with Crippen molar-refractivity contribution in [1.29, 1.82) is 0 Å². The smallest absolute Gasteiger partial charge is 0.0654 e. The number of aliphatic hydroxyl groups is 1. The van der Waals surface area contributed by atoms with Gasteiger partial charge in [0.2, 0.25) is 0 Å². The van der Waals surface area contributed by atoms with Crippen molar-refractivity contribution >= 4 is 31.9 Å². The predicted molar refractivity (Wildman–Crippen MR) is 105 cm³/mol. The van der Waals surface area contributed by atoms with E-state index in [1.807, 2.05) is 0 Å². The lowest BCUT2D eigenvalue weighted by atomic mass is 9.42. The van der Waals surface area contributed by atoms with Crippen molar-refractivity contribution in [3.63, 3.8) is 0 Å². The highest BCUT2D eigenvalue weighted by Gasteiger charge is 2.63. The molecule has 132 valence electrons. The van der Waals surface area contributed by atoms with Crippen LogP contribution in [-0.2, 0) is 0 Å². The van der Waals surface area contributed by atoms with Gasteiger partial charge in [0.1, 0.15) is 0 Å². The highest BCUT2D eigenvalue weighted by molar-refractivity contribution is 9.09. The van der Waals surface area contributed by atoms with E-state index >= 15 is 0 Å². The van der Waals surface area contributed by atoms with E-state index < -0.39 is 5.60 Å². The molecule has 3 heteroatoms. The highest BCUT2D eigenvalue weighted by Crippen LogP contribution is 2.68. The van der Waals surface area contributed by atoms with Crippen molar-refractivity contribution in [2.75, 3.05) is 0 Å². The first-order valence-electron chi connectivity index (χ1n) is 9.16. The highest BCUT2D eigenvalue weighted by atomic mass is 79.9. The van der Waals surface area contributed by atoms with E-state index in [2.05, 4.69) is 66.1 Å². The molecule has 3 saturated carbocycles. The number of halogens is 2. The van der Waals surface area contributed by atoms with E-state index in [-0.39, 0.29) is 16.2 Å². The lowest BCUT2D eigenvalue weighted by molar-refractivity contribution is -0.150. The minimum atomic E-state index is -0.554. The molecule has 0 heterocycles. The van der Waals surface area contributed by atoms with Crippen LogP contribution >= 0.6 is 31.9 Å². The van der Waals surface area contributed by atoms with E-state index in [9.17, 15) is 5.11 Å². The lowest BCUT2D eigenvalue weighted by Gasteiger charge is -2.65. The number of alkyl halides is 2. The standard InChI is InChI=1S/C20H32Br2O/c1-13-6-7-15(21)17(2,3)20(13)11-10-18(4)14(12-20)19(5,23)9-8-16(18)22/h14-16,23H,1,6-12H2,2-5H3/t14?,15-,16-,18-,19+,20-/m0/s1. The number of fused-ring (bicyclic) bond motifs is 1. The van der Waals surface area contributed by atoms with Crippen molar-refractivity contribution in [2.24, 2.45) is 22.2 Å². The molecule has 0 saturated heterocycles. The van der Waals surface area contributed by atoms with Gasteiger partial charge in [-0.25, -0.2) is 0 Å². The molecule has 0 aromatic rings. The summed E-state index contributed by atoms with van der Waals surface area (Å²) in [5, 5.41) is 11.2. The first kappa shape index (κ1) is 18.5. The number of hydrogen-bond acceptors (Lipinski definition) is 1. The van der Waals surface area contributed by atoms with Crippen LogP contribution in [0.4, 0.5) is 0 Å². The molecule has 23 heavy (non-hydrogen) atoms. The van der Waals surface area contributed by atoms with Gasteiger partial charge in [0.05, 0.1) is 5.60 Å². The van der Waals surface area contributed by atoms with Crippen LogP contribution in [0.5, 0.6) is 0 Å². The summed E-state index contributed by atoms with van der Waals surface area (Å²) in [7, 11) is 0. The maximum atomic E-state index is 11.2. The van der Waals surface area contributed by atoms with E-state index in [0.717, 1.165) is 25.7 Å². The van der Waals surface area contributed by atoms with Gasteiger partial charge in [-0.05, 0) is 74.0 Å². The van der Waals surface area contributed by atoms with E-state index in [1.165, 1.54) is 24.8 Å². The average Bonchev–Trinajstić information content (AvgIpc) is 2.47. The molecule has 1 spiro atoms. The number of rotatable bonds is 0. The molecule has 0 bridgehead atoms. The average molecular weight is 448 g/mol. The molecule has 1 N–H and O–H groups in total. The molecule has 0 aromatic carbocycles. The minimum absolute atomic E-state index is 0.164. The van der Waals surface area contributed by atoms with Gasteiger partial charge < -0.3 is 5.11 Å². The molecule has 1 nitrogen and oxygen atoms in total. The number of allylic oxidation sites excluding steroid dienone is 1. The number of hydrogen-bond donors (Lipinski definition) is 1. The summed E-state index contributed by atoms with van der Waals surface area (Å²) in [6, 6.07) is 0. The third kappa shape index (κ3) is 2.46. The van der Waals surface area contributed by atoms with Crippen LogP contribution in [0.25, 0.3) is 0 Å². The molecule has 0 aromatic heterocycles. The van der Waals surface area contributed by atoms with Crippen molar-refractivity contribution < 1.29 is 5.11 Å². The molecule has 3 rings (SSSR count). The molecule has 0 radical (unpaired) electrons. The van der Waals surface area contributed by atoms with Crippen LogP contribution < -0.4 is 0 Å². The van der Waals surface area contributed by atoms with E-state index in [1.54, 1.807) is 0 Å². The monoisotopic (exact) mass is 446 g/mol. The molecule has 1 unspecified atom stereocenters. The molecule has 6 atom stereocenters. The topological polar surface area (TPSA) is 20.2 Å². The van der Waals surface area contributed by atoms with Crippen LogP contribution in [0, 0.1) is 22.2 Å². The van der Waals surface area contributed by atoms with E-state index in [0.29, 0.717) is 15.6 Å². The summed E-state index contributed by atoms with van der Waals surface area (Å²) in [5.74, 6) is 0.343. The third-order valence-electron chi connectivity index (χ3n) is 8.20. The van der Waals surface area contributed by atoms with Crippen LogP contribution in [0.2, 0.25) is 0 Å².